The van der Waals surface area contributed by atoms with Gasteiger partial charge in [-0.3, -0.25) is 4.98 Å². The van der Waals surface area contributed by atoms with E-state index in [1.54, 1.807) is 7.11 Å². The van der Waals surface area contributed by atoms with Gasteiger partial charge in [-0.05, 0) is 49.7 Å². The molecule has 4 heteroatoms. The van der Waals surface area contributed by atoms with Gasteiger partial charge in [0, 0.05) is 34.4 Å². The Balaban J connectivity index is 2.02. The topological polar surface area (TPSA) is 34.1 Å². The lowest BCUT2D eigenvalue weighted by atomic mass is 9.90. The molecular weight excluding hydrogens is 284 g/mol. The minimum absolute atomic E-state index is 0.148. The molecule has 1 aliphatic carbocycles. The maximum Gasteiger partial charge on any atom is 0.123 e. The van der Waals surface area contributed by atoms with Crippen LogP contribution in [0.2, 0.25) is 5.02 Å². The van der Waals surface area contributed by atoms with Gasteiger partial charge in [0.05, 0.1) is 7.11 Å². The second kappa shape index (κ2) is 6.04. The molecule has 0 amide bonds. The number of aromatic nitrogens is 1. The first-order chi connectivity index (χ1) is 10.2. The molecule has 0 fully saturated rings. The Morgan fingerprint density at radius 3 is 3.00 bits per heavy atom. The standard InChI is InChI=1S/C17H19ClN2O/c1-19-17(14-10-12(18)6-8-15(14)21-2)13-7-5-11-4-3-9-20-16(11)13/h3-4,6,8-10,13,17,19H,5,7H2,1-2H3. The number of rotatable bonds is 4. The Morgan fingerprint density at radius 1 is 1.38 bits per heavy atom. The number of likely N-dealkylation sites (N-methyl/N-ethyl adjacent to an activating group) is 1. The van der Waals surface area contributed by atoms with Gasteiger partial charge < -0.3 is 10.1 Å². The summed E-state index contributed by atoms with van der Waals surface area (Å²) in [4.78, 5) is 4.60. The zero-order valence-corrected chi connectivity index (χ0v) is 13.0. The van der Waals surface area contributed by atoms with E-state index in [4.69, 9.17) is 16.3 Å². The van der Waals surface area contributed by atoms with Crippen molar-refractivity contribution in [3.05, 3.63) is 58.4 Å². The first-order valence-corrected chi connectivity index (χ1v) is 7.57. The van der Waals surface area contributed by atoms with Crippen LogP contribution in [0.4, 0.5) is 0 Å². The molecule has 21 heavy (non-hydrogen) atoms. The summed E-state index contributed by atoms with van der Waals surface area (Å²) in [6, 6.07) is 10.1. The monoisotopic (exact) mass is 302 g/mol. The Morgan fingerprint density at radius 2 is 2.24 bits per heavy atom. The Hall–Kier alpha value is -1.58. The number of hydrogen-bond donors (Lipinski definition) is 1. The second-order valence-corrected chi connectivity index (χ2v) is 5.78. The number of fused-ring (bicyclic) bond motifs is 1. The Labute approximate surface area is 130 Å². The number of benzene rings is 1. The number of methoxy groups -OCH3 is 1. The van der Waals surface area contributed by atoms with Crippen LogP contribution in [0.5, 0.6) is 5.75 Å². The van der Waals surface area contributed by atoms with Gasteiger partial charge in [0.1, 0.15) is 5.75 Å². The van der Waals surface area contributed by atoms with Crippen molar-refractivity contribution in [3.63, 3.8) is 0 Å². The predicted molar refractivity (Wildman–Crippen MR) is 85.1 cm³/mol. The zero-order chi connectivity index (χ0) is 14.8. The molecule has 0 spiro atoms. The van der Waals surface area contributed by atoms with Crippen LogP contribution in [-0.2, 0) is 6.42 Å². The zero-order valence-electron chi connectivity index (χ0n) is 12.3. The fourth-order valence-electron chi connectivity index (χ4n) is 3.29. The summed E-state index contributed by atoms with van der Waals surface area (Å²) >= 11 is 6.18. The molecule has 1 aromatic carbocycles. The normalized spacial score (nSPS) is 18.3. The average molecular weight is 303 g/mol. The maximum atomic E-state index is 6.18. The lowest BCUT2D eigenvalue weighted by Crippen LogP contribution is -2.23. The molecule has 110 valence electrons. The molecule has 2 aromatic rings. The van der Waals surface area contributed by atoms with Crippen molar-refractivity contribution in [1.29, 1.82) is 0 Å². The first-order valence-electron chi connectivity index (χ1n) is 7.19. The van der Waals surface area contributed by atoms with E-state index in [1.165, 1.54) is 11.3 Å². The van der Waals surface area contributed by atoms with Crippen LogP contribution in [0.15, 0.2) is 36.5 Å². The number of nitrogens with one attached hydrogen (secondary N) is 1. The highest BCUT2D eigenvalue weighted by atomic mass is 35.5. The first kappa shape index (κ1) is 14.4. The van der Waals surface area contributed by atoms with E-state index in [9.17, 15) is 0 Å². The van der Waals surface area contributed by atoms with Gasteiger partial charge in [-0.15, -0.1) is 0 Å². The quantitative estimate of drug-likeness (QED) is 0.934. The van der Waals surface area contributed by atoms with E-state index in [1.807, 2.05) is 37.5 Å². The number of nitrogens with zero attached hydrogens (tertiary/aromatic N) is 1. The van der Waals surface area contributed by atoms with Gasteiger partial charge in [-0.25, -0.2) is 0 Å². The van der Waals surface area contributed by atoms with Crippen molar-refractivity contribution in [1.82, 2.24) is 10.3 Å². The molecule has 0 saturated heterocycles. The van der Waals surface area contributed by atoms with E-state index >= 15 is 0 Å². The van der Waals surface area contributed by atoms with Crippen LogP contribution in [0.3, 0.4) is 0 Å². The third-order valence-corrected chi connectivity index (χ3v) is 4.48. The number of aryl methyl sites for hydroxylation is 1. The molecule has 0 bridgehead atoms. The molecular formula is C17H19ClN2O. The largest absolute Gasteiger partial charge is 0.496 e. The van der Waals surface area contributed by atoms with Gasteiger partial charge in [-0.2, -0.15) is 0 Å². The fourth-order valence-corrected chi connectivity index (χ4v) is 3.47. The van der Waals surface area contributed by atoms with Crippen molar-refractivity contribution in [2.45, 2.75) is 24.8 Å². The fraction of sp³-hybridized carbons (Fsp3) is 0.353. The molecule has 1 aliphatic rings. The van der Waals surface area contributed by atoms with E-state index in [2.05, 4.69) is 16.4 Å². The molecule has 1 heterocycles. The lowest BCUT2D eigenvalue weighted by Gasteiger charge is -2.25. The summed E-state index contributed by atoms with van der Waals surface area (Å²) in [5, 5.41) is 4.15. The van der Waals surface area contributed by atoms with Gasteiger partial charge in [-0.1, -0.05) is 17.7 Å². The second-order valence-electron chi connectivity index (χ2n) is 5.35. The minimum atomic E-state index is 0.148. The Bertz CT molecular complexity index is 644. The van der Waals surface area contributed by atoms with Gasteiger partial charge in [0.15, 0.2) is 0 Å². The third-order valence-electron chi connectivity index (χ3n) is 4.24. The molecule has 3 rings (SSSR count). The number of halogens is 1. The number of ether oxygens (including phenoxy) is 1. The highest BCUT2D eigenvalue weighted by Crippen LogP contribution is 2.43. The SMILES string of the molecule is CNC(c1cc(Cl)ccc1OC)C1CCc2cccnc21. The highest BCUT2D eigenvalue weighted by molar-refractivity contribution is 6.30. The van der Waals surface area contributed by atoms with Gasteiger partial charge >= 0.3 is 0 Å². The van der Waals surface area contributed by atoms with Gasteiger partial charge in [0.25, 0.3) is 0 Å². The number of hydrogen-bond acceptors (Lipinski definition) is 3. The lowest BCUT2D eigenvalue weighted by molar-refractivity contribution is 0.389. The van der Waals surface area contributed by atoms with Crippen LogP contribution in [0.25, 0.3) is 0 Å². The summed E-state index contributed by atoms with van der Waals surface area (Å²) < 4.78 is 5.51. The Kier molecular flexibility index (Phi) is 4.13. The van der Waals surface area contributed by atoms with Crippen molar-refractivity contribution in [2.24, 2.45) is 0 Å². The molecule has 2 atom stereocenters. The molecule has 3 nitrogen and oxygen atoms in total. The molecule has 2 unspecified atom stereocenters. The van der Waals surface area contributed by atoms with E-state index in [0.29, 0.717) is 5.92 Å². The van der Waals surface area contributed by atoms with Crippen LogP contribution in [-0.4, -0.2) is 19.1 Å². The summed E-state index contributed by atoms with van der Waals surface area (Å²) in [5.74, 6) is 1.21. The maximum absolute atomic E-state index is 6.18. The molecule has 0 aliphatic heterocycles. The predicted octanol–water partition coefficient (Wildman–Crippen LogP) is 3.73. The number of pyridine rings is 1. The third kappa shape index (κ3) is 2.63. The molecule has 1 aromatic heterocycles. The summed E-state index contributed by atoms with van der Waals surface area (Å²) in [7, 11) is 3.67. The van der Waals surface area contributed by atoms with Crippen LogP contribution < -0.4 is 10.1 Å². The van der Waals surface area contributed by atoms with E-state index in [-0.39, 0.29) is 6.04 Å². The highest BCUT2D eigenvalue weighted by Gasteiger charge is 2.32. The van der Waals surface area contributed by atoms with Crippen molar-refractivity contribution >= 4 is 11.6 Å². The summed E-state index contributed by atoms with van der Waals surface area (Å²) in [5.41, 5.74) is 3.64. The van der Waals surface area contributed by atoms with E-state index < -0.39 is 0 Å². The summed E-state index contributed by atoms with van der Waals surface area (Å²) in [6.45, 7) is 0. The van der Waals surface area contributed by atoms with Gasteiger partial charge in [0.2, 0.25) is 0 Å². The summed E-state index contributed by atoms with van der Waals surface area (Å²) in [6.07, 6.45) is 4.04. The molecule has 0 saturated carbocycles. The van der Waals surface area contributed by atoms with Crippen LogP contribution in [0.1, 0.15) is 35.2 Å². The smallest absolute Gasteiger partial charge is 0.123 e. The average Bonchev–Trinajstić information content (AvgIpc) is 2.93. The molecule has 0 radical (unpaired) electrons. The minimum Gasteiger partial charge on any atom is -0.496 e. The van der Waals surface area contributed by atoms with Crippen LogP contribution in [0, 0.1) is 0 Å². The van der Waals surface area contributed by atoms with Crippen molar-refractivity contribution < 1.29 is 4.74 Å². The van der Waals surface area contributed by atoms with Crippen molar-refractivity contribution in [3.8, 4) is 5.75 Å². The van der Waals surface area contributed by atoms with Crippen molar-refractivity contribution in [2.75, 3.05) is 14.2 Å². The molecule has 1 N–H and O–H groups in total. The van der Waals surface area contributed by atoms with Crippen LogP contribution >= 0.6 is 11.6 Å². The van der Waals surface area contributed by atoms with E-state index in [0.717, 1.165) is 29.2 Å².